The minimum atomic E-state index is -0.162. The number of aliphatic hydroxyl groups is 1. The molecular formula is C20H24N4O3. The molecular weight excluding hydrogens is 344 g/mol. The van der Waals surface area contributed by atoms with E-state index in [0.29, 0.717) is 17.5 Å². The standard InChI is InChI=1S/C20H24N4O3/c1-26-17-8-3-13(11-18(17)27-2)16-12-21-24-10-9-19(23-20(16)24)22-14-4-6-15(25)7-5-14/h3,8-12,14-15,25H,4-7H2,1-2H3,(H,22,23)/t14-,15-. The van der Waals surface area contributed by atoms with Crippen LogP contribution in [-0.2, 0) is 0 Å². The zero-order valence-corrected chi connectivity index (χ0v) is 15.6. The highest BCUT2D eigenvalue weighted by Gasteiger charge is 2.20. The molecule has 0 atom stereocenters. The molecule has 1 aliphatic carbocycles. The van der Waals surface area contributed by atoms with Gasteiger partial charge in [0.25, 0.3) is 0 Å². The van der Waals surface area contributed by atoms with Gasteiger partial charge in [-0.1, -0.05) is 6.07 Å². The first-order chi connectivity index (χ1) is 13.2. The molecule has 1 aliphatic rings. The molecule has 1 aromatic carbocycles. The van der Waals surface area contributed by atoms with E-state index < -0.39 is 0 Å². The average Bonchev–Trinajstić information content (AvgIpc) is 3.12. The minimum Gasteiger partial charge on any atom is -0.493 e. The summed E-state index contributed by atoms with van der Waals surface area (Å²) < 4.78 is 12.5. The van der Waals surface area contributed by atoms with E-state index in [-0.39, 0.29) is 6.10 Å². The number of anilines is 1. The lowest BCUT2D eigenvalue weighted by molar-refractivity contribution is 0.126. The lowest BCUT2D eigenvalue weighted by atomic mass is 9.93. The molecule has 0 amide bonds. The van der Waals surface area contributed by atoms with Crippen molar-refractivity contribution < 1.29 is 14.6 Å². The van der Waals surface area contributed by atoms with Gasteiger partial charge in [0.1, 0.15) is 5.82 Å². The van der Waals surface area contributed by atoms with Crippen LogP contribution in [0.3, 0.4) is 0 Å². The topological polar surface area (TPSA) is 80.9 Å². The summed E-state index contributed by atoms with van der Waals surface area (Å²) >= 11 is 0. The third-order valence-electron chi connectivity index (χ3n) is 5.11. The number of fused-ring (bicyclic) bond motifs is 1. The van der Waals surface area contributed by atoms with Gasteiger partial charge >= 0.3 is 0 Å². The second kappa shape index (κ2) is 7.44. The molecule has 2 heterocycles. The summed E-state index contributed by atoms with van der Waals surface area (Å²) in [5, 5.41) is 17.6. The van der Waals surface area contributed by atoms with Gasteiger partial charge in [-0.25, -0.2) is 9.50 Å². The van der Waals surface area contributed by atoms with Gasteiger partial charge in [0.15, 0.2) is 17.1 Å². The Morgan fingerprint density at radius 1 is 1.07 bits per heavy atom. The smallest absolute Gasteiger partial charge is 0.165 e. The quantitative estimate of drug-likeness (QED) is 0.720. The fraction of sp³-hybridized carbons (Fsp3) is 0.400. The van der Waals surface area contributed by atoms with Crippen molar-refractivity contribution in [1.29, 1.82) is 0 Å². The summed E-state index contributed by atoms with van der Waals surface area (Å²) in [5.74, 6) is 2.18. The number of hydrogen-bond donors (Lipinski definition) is 2. The molecule has 27 heavy (non-hydrogen) atoms. The molecule has 1 fully saturated rings. The Hall–Kier alpha value is -2.80. The van der Waals surface area contributed by atoms with Crippen molar-refractivity contribution in [2.45, 2.75) is 37.8 Å². The molecule has 0 aliphatic heterocycles. The highest BCUT2D eigenvalue weighted by Crippen LogP contribution is 2.33. The van der Waals surface area contributed by atoms with Gasteiger partial charge in [-0.05, 0) is 49.4 Å². The van der Waals surface area contributed by atoms with Gasteiger partial charge in [-0.2, -0.15) is 5.10 Å². The van der Waals surface area contributed by atoms with E-state index in [9.17, 15) is 5.11 Å². The Morgan fingerprint density at radius 3 is 2.59 bits per heavy atom. The van der Waals surface area contributed by atoms with Crippen LogP contribution in [0, 0.1) is 0 Å². The van der Waals surface area contributed by atoms with Crippen LogP contribution in [0.15, 0.2) is 36.7 Å². The molecule has 1 saturated carbocycles. The number of ether oxygens (including phenoxy) is 2. The Kier molecular flexibility index (Phi) is 4.85. The molecule has 7 nitrogen and oxygen atoms in total. The summed E-state index contributed by atoms with van der Waals surface area (Å²) in [6.07, 6.45) is 7.14. The second-order valence-corrected chi connectivity index (χ2v) is 6.86. The van der Waals surface area contributed by atoms with E-state index in [4.69, 9.17) is 14.5 Å². The van der Waals surface area contributed by atoms with Crippen LogP contribution in [-0.4, -0.2) is 46.1 Å². The summed E-state index contributed by atoms with van der Waals surface area (Å²) in [7, 11) is 3.25. The first-order valence-corrected chi connectivity index (χ1v) is 9.19. The molecule has 142 valence electrons. The van der Waals surface area contributed by atoms with Crippen molar-refractivity contribution in [3.05, 3.63) is 36.7 Å². The fourth-order valence-electron chi connectivity index (χ4n) is 3.59. The lowest BCUT2D eigenvalue weighted by Crippen LogP contribution is -2.28. The largest absolute Gasteiger partial charge is 0.493 e. The zero-order chi connectivity index (χ0) is 18.8. The van der Waals surface area contributed by atoms with Crippen molar-refractivity contribution in [1.82, 2.24) is 14.6 Å². The second-order valence-electron chi connectivity index (χ2n) is 6.86. The van der Waals surface area contributed by atoms with Crippen LogP contribution in [0.1, 0.15) is 25.7 Å². The van der Waals surface area contributed by atoms with E-state index in [1.807, 2.05) is 36.7 Å². The van der Waals surface area contributed by atoms with Crippen molar-refractivity contribution in [3.63, 3.8) is 0 Å². The minimum absolute atomic E-state index is 0.162. The maximum atomic E-state index is 9.67. The van der Waals surface area contributed by atoms with Crippen LogP contribution in [0.4, 0.5) is 5.82 Å². The van der Waals surface area contributed by atoms with Crippen LogP contribution in [0.25, 0.3) is 16.8 Å². The molecule has 2 aromatic heterocycles. The molecule has 0 spiro atoms. The van der Waals surface area contributed by atoms with Gasteiger partial charge in [0.2, 0.25) is 0 Å². The molecule has 0 saturated heterocycles. The van der Waals surface area contributed by atoms with E-state index in [1.165, 1.54) is 0 Å². The average molecular weight is 368 g/mol. The zero-order valence-electron chi connectivity index (χ0n) is 15.6. The van der Waals surface area contributed by atoms with Gasteiger partial charge in [0, 0.05) is 17.8 Å². The van der Waals surface area contributed by atoms with Crippen molar-refractivity contribution in [3.8, 4) is 22.6 Å². The van der Waals surface area contributed by atoms with Gasteiger partial charge in [-0.3, -0.25) is 0 Å². The number of aliphatic hydroxyl groups excluding tert-OH is 1. The third-order valence-corrected chi connectivity index (χ3v) is 5.11. The van der Waals surface area contributed by atoms with Crippen LogP contribution in [0.2, 0.25) is 0 Å². The third kappa shape index (κ3) is 3.55. The molecule has 0 radical (unpaired) electrons. The first-order valence-electron chi connectivity index (χ1n) is 9.19. The Labute approximate surface area is 157 Å². The van der Waals surface area contributed by atoms with Gasteiger partial charge in [0.05, 0.1) is 26.5 Å². The number of methoxy groups -OCH3 is 2. The Bertz CT molecular complexity index is 932. The number of benzene rings is 1. The maximum absolute atomic E-state index is 9.67. The van der Waals surface area contributed by atoms with E-state index in [1.54, 1.807) is 18.7 Å². The highest BCUT2D eigenvalue weighted by molar-refractivity contribution is 5.79. The van der Waals surface area contributed by atoms with Crippen molar-refractivity contribution >= 4 is 11.5 Å². The number of hydrogen-bond acceptors (Lipinski definition) is 6. The molecule has 3 aromatic rings. The molecule has 0 bridgehead atoms. The predicted octanol–water partition coefficient (Wildman–Crippen LogP) is 3.13. The van der Waals surface area contributed by atoms with E-state index in [2.05, 4.69) is 10.4 Å². The van der Waals surface area contributed by atoms with E-state index in [0.717, 1.165) is 48.3 Å². The number of nitrogens with zero attached hydrogens (tertiary/aromatic N) is 3. The fourth-order valence-corrected chi connectivity index (χ4v) is 3.59. The van der Waals surface area contributed by atoms with Crippen LogP contribution < -0.4 is 14.8 Å². The lowest BCUT2D eigenvalue weighted by Gasteiger charge is -2.26. The van der Waals surface area contributed by atoms with E-state index >= 15 is 0 Å². The summed E-state index contributed by atoms with van der Waals surface area (Å²) in [4.78, 5) is 4.78. The van der Waals surface area contributed by atoms with Crippen molar-refractivity contribution in [2.24, 2.45) is 0 Å². The Morgan fingerprint density at radius 2 is 1.85 bits per heavy atom. The summed E-state index contributed by atoms with van der Waals surface area (Å²) in [6.45, 7) is 0. The van der Waals surface area contributed by atoms with Crippen LogP contribution in [0.5, 0.6) is 11.5 Å². The first kappa shape index (κ1) is 17.6. The van der Waals surface area contributed by atoms with Crippen LogP contribution >= 0.6 is 0 Å². The monoisotopic (exact) mass is 368 g/mol. The summed E-state index contributed by atoms with van der Waals surface area (Å²) in [6, 6.07) is 8.06. The number of rotatable bonds is 5. The SMILES string of the molecule is COc1ccc(-c2cnn3ccc(N[C@H]4CC[C@H](O)CC4)nc23)cc1OC. The van der Waals surface area contributed by atoms with Gasteiger partial charge < -0.3 is 19.9 Å². The Balaban J connectivity index is 1.64. The normalized spacial score (nSPS) is 19.8. The molecule has 0 unspecified atom stereocenters. The highest BCUT2D eigenvalue weighted by atomic mass is 16.5. The number of aromatic nitrogens is 3. The number of nitrogens with one attached hydrogen (secondary N) is 1. The van der Waals surface area contributed by atoms with Gasteiger partial charge in [-0.15, -0.1) is 0 Å². The molecule has 7 heteroatoms. The summed E-state index contributed by atoms with van der Waals surface area (Å²) in [5.41, 5.74) is 2.68. The maximum Gasteiger partial charge on any atom is 0.165 e. The molecule has 2 N–H and O–H groups in total. The van der Waals surface area contributed by atoms with Crippen molar-refractivity contribution in [2.75, 3.05) is 19.5 Å². The predicted molar refractivity (Wildman–Crippen MR) is 103 cm³/mol. The molecule has 4 rings (SSSR count).